The first kappa shape index (κ1) is 13.2. The Balaban J connectivity index is 1.89. The molecule has 0 spiro atoms. The van der Waals surface area contributed by atoms with Crippen molar-refractivity contribution in [3.63, 3.8) is 0 Å². The number of carbonyl (C=O) groups excluding carboxylic acids is 3. The SMILES string of the molecule is Cc1cc2c3c(cccc3c1)C(=O)N2C1CCC(=O)CC1=O. The molecule has 2 aromatic rings. The Morgan fingerprint density at radius 2 is 1.95 bits per heavy atom. The van der Waals surface area contributed by atoms with Crippen LogP contribution >= 0.6 is 0 Å². The fraction of sp³-hybridized carbons (Fsp3) is 0.278. The van der Waals surface area contributed by atoms with Gasteiger partial charge in [-0.15, -0.1) is 0 Å². The number of Topliss-reactive ketones (excluding diaryl/α,β-unsaturated/α-hetero) is 2. The average Bonchev–Trinajstić information content (AvgIpc) is 2.74. The molecule has 0 aromatic heterocycles. The van der Waals surface area contributed by atoms with E-state index in [1.807, 2.05) is 37.3 Å². The number of rotatable bonds is 1. The quantitative estimate of drug-likeness (QED) is 0.760. The summed E-state index contributed by atoms with van der Waals surface area (Å²) in [7, 11) is 0. The molecular formula is C18H15NO3. The molecule has 110 valence electrons. The Hall–Kier alpha value is -2.49. The van der Waals surface area contributed by atoms with Crippen molar-refractivity contribution in [2.75, 3.05) is 4.90 Å². The molecule has 1 aliphatic carbocycles. The smallest absolute Gasteiger partial charge is 0.259 e. The molecule has 1 fully saturated rings. The topological polar surface area (TPSA) is 54.5 Å². The summed E-state index contributed by atoms with van der Waals surface area (Å²) in [6, 6.07) is 9.16. The normalized spacial score (nSPS) is 21.0. The summed E-state index contributed by atoms with van der Waals surface area (Å²) in [4.78, 5) is 38.1. The highest BCUT2D eigenvalue weighted by Crippen LogP contribution is 2.40. The van der Waals surface area contributed by atoms with E-state index >= 15 is 0 Å². The molecule has 1 amide bonds. The van der Waals surface area contributed by atoms with Crippen LogP contribution in [0.1, 0.15) is 35.2 Å². The van der Waals surface area contributed by atoms with Crippen LogP contribution in [0.4, 0.5) is 5.69 Å². The minimum Gasteiger partial charge on any atom is -0.299 e. The molecule has 0 radical (unpaired) electrons. The van der Waals surface area contributed by atoms with E-state index in [9.17, 15) is 14.4 Å². The van der Waals surface area contributed by atoms with Crippen LogP contribution in [0, 0.1) is 6.92 Å². The van der Waals surface area contributed by atoms with Gasteiger partial charge in [0, 0.05) is 17.4 Å². The van der Waals surface area contributed by atoms with Crippen LogP contribution in [0.3, 0.4) is 0 Å². The molecule has 0 bridgehead atoms. The Labute approximate surface area is 127 Å². The lowest BCUT2D eigenvalue weighted by molar-refractivity contribution is -0.130. The number of ketones is 2. The molecule has 1 unspecified atom stereocenters. The number of benzene rings is 2. The van der Waals surface area contributed by atoms with Crippen molar-refractivity contribution >= 4 is 33.9 Å². The number of amides is 1. The standard InChI is InChI=1S/C18H15NO3/c1-10-7-11-3-2-4-13-17(11)15(8-10)19(18(13)22)14-6-5-12(20)9-16(14)21/h2-4,7-8,14H,5-6,9H2,1H3. The first-order valence-corrected chi connectivity index (χ1v) is 7.47. The van der Waals surface area contributed by atoms with Gasteiger partial charge in [-0.2, -0.15) is 0 Å². The largest absolute Gasteiger partial charge is 0.299 e. The molecule has 22 heavy (non-hydrogen) atoms. The number of hydrogen-bond acceptors (Lipinski definition) is 3. The fourth-order valence-corrected chi connectivity index (χ4v) is 3.60. The lowest BCUT2D eigenvalue weighted by Gasteiger charge is -2.30. The second kappa shape index (κ2) is 4.50. The minimum atomic E-state index is -0.511. The summed E-state index contributed by atoms with van der Waals surface area (Å²) >= 11 is 0. The van der Waals surface area contributed by atoms with Gasteiger partial charge >= 0.3 is 0 Å². The van der Waals surface area contributed by atoms with Crippen molar-refractivity contribution < 1.29 is 14.4 Å². The molecule has 2 aromatic carbocycles. The summed E-state index contributed by atoms with van der Waals surface area (Å²) in [5.74, 6) is -0.300. The van der Waals surface area contributed by atoms with Crippen molar-refractivity contribution in [1.82, 2.24) is 0 Å². The predicted molar refractivity (Wildman–Crippen MR) is 83.1 cm³/mol. The molecule has 0 saturated heterocycles. The highest BCUT2D eigenvalue weighted by Gasteiger charge is 2.40. The lowest BCUT2D eigenvalue weighted by Crippen LogP contribution is -2.46. The van der Waals surface area contributed by atoms with Crippen molar-refractivity contribution in [2.45, 2.75) is 32.2 Å². The highest BCUT2D eigenvalue weighted by molar-refractivity contribution is 6.27. The van der Waals surface area contributed by atoms with Gasteiger partial charge in [0.1, 0.15) is 5.78 Å². The summed E-state index contributed by atoms with van der Waals surface area (Å²) in [6.07, 6.45) is 0.734. The van der Waals surface area contributed by atoms with Gasteiger partial charge in [-0.05, 0) is 36.4 Å². The third kappa shape index (κ3) is 1.73. The van der Waals surface area contributed by atoms with Crippen LogP contribution in [0.15, 0.2) is 30.3 Å². The van der Waals surface area contributed by atoms with Gasteiger partial charge < -0.3 is 0 Å². The average molecular weight is 293 g/mol. The minimum absolute atomic E-state index is 0.0280. The lowest BCUT2D eigenvalue weighted by atomic mass is 9.91. The van der Waals surface area contributed by atoms with E-state index in [1.54, 1.807) is 4.90 Å². The van der Waals surface area contributed by atoms with Crippen LogP contribution in [0.5, 0.6) is 0 Å². The van der Waals surface area contributed by atoms with E-state index in [0.29, 0.717) is 18.4 Å². The number of hydrogen-bond donors (Lipinski definition) is 0. The predicted octanol–water partition coefficient (Wildman–Crippen LogP) is 2.80. The molecule has 4 nitrogen and oxygen atoms in total. The van der Waals surface area contributed by atoms with E-state index < -0.39 is 6.04 Å². The molecule has 1 aliphatic heterocycles. The first-order chi connectivity index (χ1) is 10.6. The zero-order valence-corrected chi connectivity index (χ0v) is 12.3. The van der Waals surface area contributed by atoms with Crippen LogP contribution in [-0.2, 0) is 9.59 Å². The molecule has 4 rings (SSSR count). The summed E-state index contributed by atoms with van der Waals surface area (Å²) in [5, 5.41) is 1.94. The van der Waals surface area contributed by atoms with Gasteiger partial charge in [0.2, 0.25) is 0 Å². The van der Waals surface area contributed by atoms with Gasteiger partial charge in [-0.3, -0.25) is 19.3 Å². The van der Waals surface area contributed by atoms with Crippen molar-refractivity contribution in [1.29, 1.82) is 0 Å². The van der Waals surface area contributed by atoms with Crippen LogP contribution < -0.4 is 4.90 Å². The van der Waals surface area contributed by atoms with E-state index in [0.717, 1.165) is 22.0 Å². The molecule has 1 heterocycles. The molecule has 1 saturated carbocycles. The van der Waals surface area contributed by atoms with Gasteiger partial charge in [0.25, 0.3) is 5.91 Å². The maximum absolute atomic E-state index is 12.8. The van der Waals surface area contributed by atoms with Gasteiger partial charge in [0.15, 0.2) is 5.78 Å². The first-order valence-electron chi connectivity index (χ1n) is 7.47. The Bertz CT molecular complexity index is 853. The van der Waals surface area contributed by atoms with Gasteiger partial charge in [-0.1, -0.05) is 18.2 Å². The van der Waals surface area contributed by atoms with E-state index in [2.05, 4.69) is 0 Å². The zero-order valence-electron chi connectivity index (χ0n) is 12.3. The van der Waals surface area contributed by atoms with Gasteiger partial charge in [0.05, 0.1) is 18.2 Å². The molecular weight excluding hydrogens is 278 g/mol. The Morgan fingerprint density at radius 1 is 1.14 bits per heavy atom. The van der Waals surface area contributed by atoms with E-state index in [4.69, 9.17) is 0 Å². The van der Waals surface area contributed by atoms with Crippen molar-refractivity contribution in [3.05, 3.63) is 41.5 Å². The highest BCUT2D eigenvalue weighted by atomic mass is 16.2. The number of carbonyl (C=O) groups is 3. The molecule has 0 N–H and O–H groups in total. The van der Waals surface area contributed by atoms with Crippen LogP contribution in [0.25, 0.3) is 10.8 Å². The van der Waals surface area contributed by atoms with Crippen LogP contribution in [-0.4, -0.2) is 23.5 Å². The maximum Gasteiger partial charge on any atom is 0.259 e. The Morgan fingerprint density at radius 3 is 2.73 bits per heavy atom. The molecule has 2 aliphatic rings. The third-order valence-electron chi connectivity index (χ3n) is 4.56. The second-order valence-electron chi connectivity index (χ2n) is 6.10. The molecule has 1 atom stereocenters. The number of anilines is 1. The van der Waals surface area contributed by atoms with Crippen molar-refractivity contribution in [2.24, 2.45) is 0 Å². The third-order valence-corrected chi connectivity index (χ3v) is 4.56. The number of aryl methyl sites for hydroxylation is 1. The van der Waals surface area contributed by atoms with E-state index in [1.165, 1.54) is 0 Å². The summed E-state index contributed by atoms with van der Waals surface area (Å²) in [6.45, 7) is 1.98. The van der Waals surface area contributed by atoms with Crippen molar-refractivity contribution in [3.8, 4) is 0 Å². The Kier molecular flexibility index (Phi) is 2.70. The zero-order chi connectivity index (χ0) is 15.4. The second-order valence-corrected chi connectivity index (χ2v) is 6.10. The summed E-state index contributed by atoms with van der Waals surface area (Å²) in [5.41, 5.74) is 2.51. The van der Waals surface area contributed by atoms with Gasteiger partial charge in [-0.25, -0.2) is 0 Å². The fourth-order valence-electron chi connectivity index (χ4n) is 3.60. The summed E-state index contributed by atoms with van der Waals surface area (Å²) < 4.78 is 0. The van der Waals surface area contributed by atoms with Crippen LogP contribution in [0.2, 0.25) is 0 Å². The number of nitrogens with zero attached hydrogens (tertiary/aromatic N) is 1. The maximum atomic E-state index is 12.8. The van der Waals surface area contributed by atoms with E-state index in [-0.39, 0.29) is 23.9 Å². The molecule has 4 heteroatoms. The monoisotopic (exact) mass is 293 g/mol.